The van der Waals surface area contributed by atoms with E-state index >= 15 is 0 Å². The van der Waals surface area contributed by atoms with E-state index in [2.05, 4.69) is 9.83 Å². The van der Waals surface area contributed by atoms with Gasteiger partial charge in [0.15, 0.2) is 0 Å². The van der Waals surface area contributed by atoms with Crippen molar-refractivity contribution in [1.29, 1.82) is 0 Å². The minimum atomic E-state index is -0.0162. The molecule has 46 valence electrons. The molecular weight excluding hydrogens is 132 g/mol. The summed E-state index contributed by atoms with van der Waals surface area (Å²) in [5, 5.41) is 0. The lowest BCUT2D eigenvalue weighted by Crippen LogP contribution is -1.78. The number of rotatable bonds is 1. The second-order valence-corrected chi connectivity index (χ2v) is 2.63. The van der Waals surface area contributed by atoms with Crippen molar-refractivity contribution in [2.75, 3.05) is 0 Å². The van der Waals surface area contributed by atoms with Gasteiger partial charge in [0.2, 0.25) is 0 Å². The van der Waals surface area contributed by atoms with E-state index in [0.29, 0.717) is 0 Å². The minimum absolute atomic E-state index is 0.0162. The number of hydrogen-bond acceptors (Lipinski definition) is 2. The van der Waals surface area contributed by atoms with E-state index in [-0.39, 0.29) is 6.04 Å². The Morgan fingerprint density at radius 3 is 3.11 bits per heavy atom. The maximum Gasteiger partial charge on any atom is 0.256 e. The molecule has 1 atom stereocenters. The maximum absolute atomic E-state index is 6.69. The van der Waals surface area contributed by atoms with Crippen LogP contribution in [0.3, 0.4) is 0 Å². The van der Waals surface area contributed by atoms with Gasteiger partial charge in [0, 0.05) is 13.1 Å². The first-order valence-corrected chi connectivity index (χ1v) is 3.47. The molecular formula is C6H6N2S. The van der Waals surface area contributed by atoms with Gasteiger partial charge >= 0.3 is 0 Å². The summed E-state index contributed by atoms with van der Waals surface area (Å²) < 4.78 is 0. The van der Waals surface area contributed by atoms with E-state index in [1.54, 1.807) is 11.7 Å². The zero-order valence-electron chi connectivity index (χ0n) is 5.03. The molecule has 1 unspecified atom stereocenters. The fourth-order valence-electron chi connectivity index (χ4n) is 0.496. The molecule has 1 rings (SSSR count). The Kier molecular flexibility index (Phi) is 1.81. The van der Waals surface area contributed by atoms with Crippen LogP contribution < -0.4 is 0 Å². The van der Waals surface area contributed by atoms with E-state index in [0.717, 1.165) is 4.88 Å². The molecule has 0 radical (unpaired) electrons. The molecule has 0 saturated heterocycles. The molecule has 0 aromatic carbocycles. The lowest BCUT2D eigenvalue weighted by Gasteiger charge is -1.88. The molecule has 1 heterocycles. The smallest absolute Gasteiger partial charge is 0.256 e. The maximum atomic E-state index is 6.69. The van der Waals surface area contributed by atoms with Crippen molar-refractivity contribution in [1.82, 2.24) is 4.98 Å². The van der Waals surface area contributed by atoms with Crippen molar-refractivity contribution >= 4 is 11.3 Å². The standard InChI is InChI=1S/C6H6N2S/c1-5(7-2)6-3-8-4-9-6/h3-5H,1H3. The normalized spacial score (nSPS) is 12.4. The highest BCUT2D eigenvalue weighted by molar-refractivity contribution is 7.09. The van der Waals surface area contributed by atoms with Gasteiger partial charge in [-0.1, -0.05) is 0 Å². The number of nitrogens with zero attached hydrogens (tertiary/aromatic N) is 2. The van der Waals surface area contributed by atoms with Gasteiger partial charge in [-0.25, -0.2) is 6.57 Å². The summed E-state index contributed by atoms with van der Waals surface area (Å²) in [5.74, 6) is 0. The van der Waals surface area contributed by atoms with Crippen molar-refractivity contribution in [2.45, 2.75) is 13.0 Å². The first-order chi connectivity index (χ1) is 4.34. The monoisotopic (exact) mass is 138 g/mol. The van der Waals surface area contributed by atoms with Gasteiger partial charge in [-0.3, -0.25) is 4.98 Å². The average molecular weight is 138 g/mol. The van der Waals surface area contributed by atoms with Crippen molar-refractivity contribution in [3.05, 3.63) is 28.0 Å². The fraction of sp³-hybridized carbons (Fsp3) is 0.333. The summed E-state index contributed by atoms with van der Waals surface area (Å²) >= 11 is 1.53. The molecule has 0 fully saturated rings. The lowest BCUT2D eigenvalue weighted by atomic mass is 10.3. The van der Waals surface area contributed by atoms with Crippen LogP contribution in [0.1, 0.15) is 17.8 Å². The molecule has 3 heteroatoms. The zero-order chi connectivity index (χ0) is 6.69. The van der Waals surface area contributed by atoms with Crippen molar-refractivity contribution in [3.63, 3.8) is 0 Å². The summed E-state index contributed by atoms with van der Waals surface area (Å²) in [6, 6.07) is -0.0162. The number of aromatic nitrogens is 1. The Labute approximate surface area is 58.0 Å². The van der Waals surface area contributed by atoms with Crippen LogP contribution in [0.2, 0.25) is 0 Å². The van der Waals surface area contributed by atoms with Gasteiger partial charge in [0.05, 0.1) is 5.51 Å². The quantitative estimate of drug-likeness (QED) is 0.543. The SMILES string of the molecule is [C-]#[N+]C(C)c1cncs1. The molecule has 0 aliphatic rings. The van der Waals surface area contributed by atoms with E-state index in [4.69, 9.17) is 6.57 Å². The van der Waals surface area contributed by atoms with Crippen molar-refractivity contribution in [3.8, 4) is 0 Å². The Bertz CT molecular complexity index is 209. The van der Waals surface area contributed by atoms with Gasteiger partial charge in [-0.2, -0.15) is 0 Å². The van der Waals surface area contributed by atoms with Crippen LogP contribution in [0.25, 0.3) is 4.85 Å². The van der Waals surface area contributed by atoms with Crippen LogP contribution in [-0.4, -0.2) is 4.98 Å². The lowest BCUT2D eigenvalue weighted by molar-refractivity contribution is 0.984. The third kappa shape index (κ3) is 1.27. The predicted molar refractivity (Wildman–Crippen MR) is 37.1 cm³/mol. The Morgan fingerprint density at radius 1 is 1.89 bits per heavy atom. The van der Waals surface area contributed by atoms with Crippen LogP contribution >= 0.6 is 11.3 Å². The van der Waals surface area contributed by atoms with Gasteiger partial charge in [-0.15, -0.1) is 11.3 Å². The third-order valence-corrected chi connectivity index (χ3v) is 2.00. The first kappa shape index (κ1) is 6.24. The highest BCUT2D eigenvalue weighted by atomic mass is 32.1. The molecule has 0 aliphatic heterocycles. The highest BCUT2D eigenvalue weighted by Gasteiger charge is 2.08. The van der Waals surface area contributed by atoms with Crippen LogP contribution in [0.5, 0.6) is 0 Å². The van der Waals surface area contributed by atoms with Crippen molar-refractivity contribution < 1.29 is 0 Å². The molecule has 0 spiro atoms. The summed E-state index contributed by atoms with van der Waals surface area (Å²) in [5.41, 5.74) is 1.75. The summed E-state index contributed by atoms with van der Waals surface area (Å²) in [6.07, 6.45) is 1.74. The summed E-state index contributed by atoms with van der Waals surface area (Å²) in [7, 11) is 0. The molecule has 1 aromatic rings. The van der Waals surface area contributed by atoms with Crippen LogP contribution in [0, 0.1) is 6.57 Å². The van der Waals surface area contributed by atoms with Crippen LogP contribution in [0.4, 0.5) is 0 Å². The van der Waals surface area contributed by atoms with Gasteiger partial charge < -0.3 is 4.85 Å². The second kappa shape index (κ2) is 2.60. The van der Waals surface area contributed by atoms with E-state index < -0.39 is 0 Å². The van der Waals surface area contributed by atoms with Gasteiger partial charge in [-0.05, 0) is 0 Å². The summed E-state index contributed by atoms with van der Waals surface area (Å²) in [4.78, 5) is 8.26. The van der Waals surface area contributed by atoms with Crippen LogP contribution in [0.15, 0.2) is 11.7 Å². The predicted octanol–water partition coefficient (Wildman–Crippen LogP) is 2.12. The third-order valence-electron chi connectivity index (χ3n) is 1.06. The Hall–Kier alpha value is -0.880. The molecule has 2 nitrogen and oxygen atoms in total. The molecule has 0 amide bonds. The first-order valence-electron chi connectivity index (χ1n) is 2.59. The largest absolute Gasteiger partial charge is 0.308 e. The Morgan fingerprint density at radius 2 is 2.67 bits per heavy atom. The Balaban J connectivity index is 2.80. The van der Waals surface area contributed by atoms with Crippen LogP contribution in [-0.2, 0) is 0 Å². The molecule has 9 heavy (non-hydrogen) atoms. The fourth-order valence-corrected chi connectivity index (χ4v) is 1.11. The minimum Gasteiger partial charge on any atom is -0.308 e. The van der Waals surface area contributed by atoms with Gasteiger partial charge in [0.1, 0.15) is 4.88 Å². The molecule has 1 aromatic heterocycles. The molecule has 0 N–H and O–H groups in total. The van der Waals surface area contributed by atoms with E-state index in [1.165, 1.54) is 11.3 Å². The number of hydrogen-bond donors (Lipinski definition) is 0. The molecule has 0 aliphatic carbocycles. The topological polar surface area (TPSA) is 17.2 Å². The van der Waals surface area contributed by atoms with Crippen molar-refractivity contribution in [2.24, 2.45) is 0 Å². The highest BCUT2D eigenvalue weighted by Crippen LogP contribution is 2.19. The average Bonchev–Trinajstić information content (AvgIpc) is 2.37. The zero-order valence-corrected chi connectivity index (χ0v) is 5.85. The molecule has 0 bridgehead atoms. The molecule has 0 saturated carbocycles. The number of thiazole rings is 1. The van der Waals surface area contributed by atoms with E-state index in [9.17, 15) is 0 Å². The van der Waals surface area contributed by atoms with Gasteiger partial charge in [0.25, 0.3) is 6.04 Å². The summed E-state index contributed by atoms with van der Waals surface area (Å²) in [6.45, 7) is 8.56. The van der Waals surface area contributed by atoms with E-state index in [1.807, 2.05) is 6.92 Å². The second-order valence-electron chi connectivity index (χ2n) is 1.71.